The smallest absolute Gasteiger partial charge is 0.237 e. The highest BCUT2D eigenvalue weighted by Gasteiger charge is 2.20. The van der Waals surface area contributed by atoms with Gasteiger partial charge >= 0.3 is 0 Å². The molecule has 6 heteroatoms. The van der Waals surface area contributed by atoms with E-state index in [2.05, 4.69) is 5.32 Å². The first kappa shape index (κ1) is 19.0. The van der Waals surface area contributed by atoms with Crippen molar-refractivity contribution in [3.63, 3.8) is 0 Å². The van der Waals surface area contributed by atoms with Crippen LogP contribution in [0.2, 0.25) is 0 Å². The van der Waals surface area contributed by atoms with Gasteiger partial charge in [-0.15, -0.1) is 0 Å². The lowest BCUT2D eigenvalue weighted by Gasteiger charge is -2.16. The van der Waals surface area contributed by atoms with Gasteiger partial charge in [-0.25, -0.2) is 4.98 Å². The lowest BCUT2D eigenvalue weighted by atomic mass is 10.1. The highest BCUT2D eigenvalue weighted by Crippen LogP contribution is 2.32. The van der Waals surface area contributed by atoms with Crippen molar-refractivity contribution >= 4 is 34.3 Å². The second-order valence-corrected chi connectivity index (χ2v) is 7.41. The van der Waals surface area contributed by atoms with E-state index in [9.17, 15) is 9.90 Å². The average molecular weight is 382 g/mol. The summed E-state index contributed by atoms with van der Waals surface area (Å²) in [5, 5.41) is 13.9. The number of aryl methyl sites for hydroxylation is 1. The Balaban J connectivity index is 1.84. The predicted octanol–water partition coefficient (Wildman–Crippen LogP) is 4.77. The number of amides is 1. The molecule has 2 N–H and O–H groups in total. The number of benzene rings is 2. The zero-order valence-electron chi connectivity index (χ0n) is 15.5. The van der Waals surface area contributed by atoms with Crippen LogP contribution < -0.4 is 10.1 Å². The predicted molar refractivity (Wildman–Crippen MR) is 110 cm³/mol. The molecule has 2 aromatic carbocycles. The molecule has 0 fully saturated rings. The maximum absolute atomic E-state index is 12.7. The summed E-state index contributed by atoms with van der Waals surface area (Å²) in [4.78, 5) is 17.4. The molecule has 1 aromatic heterocycles. The van der Waals surface area contributed by atoms with Gasteiger partial charge in [-0.2, -0.15) is 0 Å². The highest BCUT2D eigenvalue weighted by molar-refractivity contribution is 8.00. The maximum Gasteiger partial charge on any atom is 0.237 e. The van der Waals surface area contributed by atoms with E-state index in [-0.39, 0.29) is 16.9 Å². The third-order valence-electron chi connectivity index (χ3n) is 4.25. The van der Waals surface area contributed by atoms with E-state index in [4.69, 9.17) is 9.72 Å². The first-order chi connectivity index (χ1) is 13.0. The molecule has 0 saturated heterocycles. The number of carbonyl (C=O) groups excluding carboxylic acids is 1. The van der Waals surface area contributed by atoms with Crippen LogP contribution in [0, 0.1) is 6.92 Å². The minimum Gasteiger partial charge on any atom is -0.508 e. The van der Waals surface area contributed by atoms with Crippen molar-refractivity contribution < 1.29 is 14.6 Å². The number of phenolic OH excluding ortho intramolecular Hbond substituents is 1. The molecule has 0 bridgehead atoms. The van der Waals surface area contributed by atoms with Crippen molar-refractivity contribution in [2.45, 2.75) is 30.5 Å². The first-order valence-corrected chi connectivity index (χ1v) is 9.60. The fraction of sp³-hybridized carbons (Fsp3) is 0.238. The van der Waals surface area contributed by atoms with Crippen molar-refractivity contribution in [2.24, 2.45) is 0 Å². The quantitative estimate of drug-likeness (QED) is 0.601. The van der Waals surface area contributed by atoms with Crippen LogP contribution in [0.1, 0.15) is 18.9 Å². The van der Waals surface area contributed by atoms with E-state index >= 15 is 0 Å². The number of carbonyl (C=O) groups is 1. The monoisotopic (exact) mass is 382 g/mol. The number of hydrogen-bond acceptors (Lipinski definition) is 5. The number of anilines is 1. The molecule has 3 rings (SSSR count). The summed E-state index contributed by atoms with van der Waals surface area (Å²) in [5.74, 6) is 0.718. The molecule has 0 aliphatic heterocycles. The molecule has 0 aliphatic carbocycles. The van der Waals surface area contributed by atoms with Crippen LogP contribution in [0.4, 0.5) is 5.69 Å². The van der Waals surface area contributed by atoms with Crippen molar-refractivity contribution in [3.8, 4) is 11.5 Å². The number of fused-ring (bicyclic) bond motifs is 1. The molecule has 140 valence electrons. The van der Waals surface area contributed by atoms with E-state index in [1.807, 2.05) is 38.1 Å². The molecular formula is C21H22N2O3S. The fourth-order valence-electron chi connectivity index (χ4n) is 2.86. The topological polar surface area (TPSA) is 71.5 Å². The number of nitrogens with one attached hydrogen (secondary N) is 1. The van der Waals surface area contributed by atoms with Gasteiger partial charge in [0.15, 0.2) is 0 Å². The Hall–Kier alpha value is -2.73. The van der Waals surface area contributed by atoms with E-state index in [0.29, 0.717) is 12.1 Å². The summed E-state index contributed by atoms with van der Waals surface area (Å²) in [5.41, 5.74) is 2.46. The van der Waals surface area contributed by atoms with Gasteiger partial charge in [0.05, 0.1) is 17.4 Å². The summed E-state index contributed by atoms with van der Waals surface area (Å²) in [6.45, 7) is 4.00. The van der Waals surface area contributed by atoms with Gasteiger partial charge in [-0.05, 0) is 43.2 Å². The minimum absolute atomic E-state index is 0.118. The average Bonchev–Trinajstić information content (AvgIpc) is 2.65. The normalized spacial score (nSPS) is 12.0. The maximum atomic E-state index is 12.7. The summed E-state index contributed by atoms with van der Waals surface area (Å²) in [7, 11) is 1.63. The largest absolute Gasteiger partial charge is 0.508 e. The van der Waals surface area contributed by atoms with Gasteiger partial charge in [0, 0.05) is 17.1 Å². The van der Waals surface area contributed by atoms with E-state index in [1.54, 1.807) is 25.3 Å². The van der Waals surface area contributed by atoms with E-state index < -0.39 is 0 Å². The zero-order valence-corrected chi connectivity index (χ0v) is 16.3. The molecule has 0 saturated carbocycles. The summed E-state index contributed by atoms with van der Waals surface area (Å²) >= 11 is 1.43. The Morgan fingerprint density at radius 3 is 2.74 bits per heavy atom. The molecule has 0 aliphatic rings. The second-order valence-electron chi connectivity index (χ2n) is 6.19. The molecule has 1 unspecified atom stereocenters. The summed E-state index contributed by atoms with van der Waals surface area (Å²) in [6, 6.07) is 14.4. The lowest BCUT2D eigenvalue weighted by Crippen LogP contribution is -2.24. The number of para-hydroxylation sites is 1. The van der Waals surface area contributed by atoms with Gasteiger partial charge in [-0.1, -0.05) is 36.9 Å². The molecular weight excluding hydrogens is 360 g/mol. The lowest BCUT2D eigenvalue weighted by molar-refractivity contribution is -0.115. The number of ether oxygens (including phenoxy) is 1. The van der Waals surface area contributed by atoms with Crippen LogP contribution in [-0.2, 0) is 4.79 Å². The third kappa shape index (κ3) is 4.34. The standard InChI is InChI=1S/C21H22N2O3S/c1-4-18(21(25)22-14-7-5-8-15(24)12-14)27-19-11-13(2)16-9-6-10-17(26-3)20(16)23-19/h5-12,18,24H,4H2,1-3H3,(H,22,25). The summed E-state index contributed by atoms with van der Waals surface area (Å²) in [6.07, 6.45) is 0.653. The van der Waals surface area contributed by atoms with Crippen molar-refractivity contribution in [3.05, 3.63) is 54.1 Å². The van der Waals surface area contributed by atoms with Crippen LogP contribution in [-0.4, -0.2) is 28.4 Å². The second kappa shape index (κ2) is 8.31. The highest BCUT2D eigenvalue weighted by atomic mass is 32.2. The van der Waals surface area contributed by atoms with Crippen molar-refractivity contribution in [1.29, 1.82) is 0 Å². The van der Waals surface area contributed by atoms with Gasteiger partial charge in [0.2, 0.25) is 5.91 Å². The number of thioether (sulfide) groups is 1. The number of methoxy groups -OCH3 is 1. The Bertz CT molecular complexity index is 975. The van der Waals surface area contributed by atoms with Gasteiger partial charge in [-0.3, -0.25) is 4.79 Å². The van der Waals surface area contributed by atoms with Crippen molar-refractivity contribution in [2.75, 3.05) is 12.4 Å². The fourth-order valence-corrected chi connectivity index (χ4v) is 3.87. The molecule has 1 atom stereocenters. The minimum atomic E-state index is -0.300. The number of phenols is 1. The Labute approximate surface area is 162 Å². The molecule has 1 amide bonds. The Kier molecular flexibility index (Phi) is 5.86. The molecule has 0 radical (unpaired) electrons. The molecule has 0 spiro atoms. The number of rotatable bonds is 6. The summed E-state index contributed by atoms with van der Waals surface area (Å²) < 4.78 is 5.43. The number of aromatic nitrogens is 1. The van der Waals surface area contributed by atoms with E-state index in [1.165, 1.54) is 17.8 Å². The number of hydrogen-bond donors (Lipinski definition) is 2. The molecule has 1 heterocycles. The van der Waals surface area contributed by atoms with Crippen molar-refractivity contribution in [1.82, 2.24) is 4.98 Å². The zero-order chi connectivity index (χ0) is 19.4. The van der Waals surface area contributed by atoms with Gasteiger partial charge in [0.1, 0.15) is 17.0 Å². The Morgan fingerprint density at radius 1 is 1.26 bits per heavy atom. The Morgan fingerprint density at radius 2 is 2.04 bits per heavy atom. The number of pyridine rings is 1. The van der Waals surface area contributed by atoms with Crippen LogP contribution in [0.25, 0.3) is 10.9 Å². The van der Waals surface area contributed by atoms with Crippen LogP contribution in [0.3, 0.4) is 0 Å². The van der Waals surface area contributed by atoms with Crippen LogP contribution >= 0.6 is 11.8 Å². The van der Waals surface area contributed by atoms with E-state index in [0.717, 1.165) is 27.2 Å². The van der Waals surface area contributed by atoms with Crippen LogP contribution in [0.15, 0.2) is 53.6 Å². The number of nitrogens with zero attached hydrogens (tertiary/aromatic N) is 1. The molecule has 27 heavy (non-hydrogen) atoms. The third-order valence-corrected chi connectivity index (χ3v) is 5.53. The SMILES string of the molecule is CCC(Sc1cc(C)c2cccc(OC)c2n1)C(=O)Nc1cccc(O)c1. The number of aromatic hydroxyl groups is 1. The van der Waals surface area contributed by atoms with Crippen LogP contribution in [0.5, 0.6) is 11.5 Å². The molecule has 3 aromatic rings. The van der Waals surface area contributed by atoms with Gasteiger partial charge < -0.3 is 15.2 Å². The molecule has 5 nitrogen and oxygen atoms in total. The first-order valence-electron chi connectivity index (χ1n) is 8.72. The van der Waals surface area contributed by atoms with Gasteiger partial charge in [0.25, 0.3) is 0 Å².